The van der Waals surface area contributed by atoms with Crippen LogP contribution in [0, 0.1) is 11.8 Å². The first kappa shape index (κ1) is 24.7. The van der Waals surface area contributed by atoms with Gasteiger partial charge in [-0.2, -0.15) is 0 Å². The van der Waals surface area contributed by atoms with Crippen molar-refractivity contribution in [3.63, 3.8) is 0 Å². The normalized spacial score (nSPS) is 21.1. The Morgan fingerprint density at radius 1 is 1.00 bits per heavy atom. The van der Waals surface area contributed by atoms with Crippen molar-refractivity contribution in [1.82, 2.24) is 16.0 Å². The van der Waals surface area contributed by atoms with Crippen LogP contribution in [-0.4, -0.2) is 42.6 Å². The minimum atomic E-state index is -0.753. The van der Waals surface area contributed by atoms with Crippen LogP contribution >= 0.6 is 0 Å². The quantitative estimate of drug-likeness (QED) is 0.374. The number of carbonyl (C=O) groups excluding carboxylic acids is 4. The summed E-state index contributed by atoms with van der Waals surface area (Å²) < 4.78 is 0. The maximum Gasteiger partial charge on any atom is 0.244 e. The molecule has 0 radical (unpaired) electrons. The molecular weight excluding hydrogens is 418 g/mol. The van der Waals surface area contributed by atoms with Crippen LogP contribution < -0.4 is 16.0 Å². The molecule has 7 heteroatoms. The van der Waals surface area contributed by atoms with Gasteiger partial charge in [-0.25, -0.2) is 0 Å². The third-order valence-corrected chi connectivity index (χ3v) is 6.58. The molecule has 1 aromatic carbocycles. The molecule has 7 nitrogen and oxygen atoms in total. The maximum atomic E-state index is 13.1. The zero-order valence-corrected chi connectivity index (χ0v) is 19.1. The molecule has 0 aromatic heterocycles. The van der Waals surface area contributed by atoms with Crippen molar-refractivity contribution < 1.29 is 19.2 Å². The molecule has 1 aromatic rings. The Bertz CT molecular complexity index is 833. The Kier molecular flexibility index (Phi) is 9.66. The summed E-state index contributed by atoms with van der Waals surface area (Å²) in [5.74, 6) is -0.693. The summed E-state index contributed by atoms with van der Waals surface area (Å²) in [6.45, 7) is 0.652. The van der Waals surface area contributed by atoms with Gasteiger partial charge in [0, 0.05) is 18.5 Å². The molecule has 1 saturated heterocycles. The number of piperidine rings is 1. The second kappa shape index (κ2) is 12.9. The number of hydrogen-bond donors (Lipinski definition) is 3. The van der Waals surface area contributed by atoms with E-state index in [0.717, 1.165) is 37.7 Å². The number of benzene rings is 1. The summed E-state index contributed by atoms with van der Waals surface area (Å²) in [6.07, 6.45) is 11.8. The molecule has 2 fully saturated rings. The van der Waals surface area contributed by atoms with Crippen LogP contribution in [0.5, 0.6) is 0 Å². The van der Waals surface area contributed by atoms with Gasteiger partial charge in [-0.15, -0.1) is 0 Å². The van der Waals surface area contributed by atoms with Crippen molar-refractivity contribution in [2.75, 3.05) is 6.54 Å². The van der Waals surface area contributed by atoms with Gasteiger partial charge in [-0.3, -0.25) is 14.4 Å². The van der Waals surface area contributed by atoms with Crippen LogP contribution in [0.25, 0.3) is 6.08 Å². The lowest BCUT2D eigenvalue weighted by molar-refractivity contribution is -0.130. The standard InChI is InChI=1S/C26H35N3O4/c30-18-22(17-21-12-7-15-27-25(21)32)28-26(33)23(16-20-10-5-2-6-11-20)29-24(31)14-13-19-8-3-1-4-9-19/h1,3-4,8-9,13-14,18,20-23H,2,5-7,10-12,15-17H2,(H,27,32)(H,28,33)(H,29,31)/t21-,22-,23-/m0/s1. The molecule has 3 amide bonds. The molecule has 1 heterocycles. The zero-order valence-electron chi connectivity index (χ0n) is 19.1. The highest BCUT2D eigenvalue weighted by atomic mass is 16.2. The monoisotopic (exact) mass is 453 g/mol. The molecule has 0 bridgehead atoms. The van der Waals surface area contributed by atoms with Gasteiger partial charge in [0.25, 0.3) is 0 Å². The van der Waals surface area contributed by atoms with E-state index in [4.69, 9.17) is 0 Å². The summed E-state index contributed by atoms with van der Waals surface area (Å²) in [4.78, 5) is 49.4. The highest BCUT2D eigenvalue weighted by Crippen LogP contribution is 2.27. The van der Waals surface area contributed by atoms with E-state index in [1.54, 1.807) is 6.08 Å². The molecule has 2 aliphatic rings. The smallest absolute Gasteiger partial charge is 0.244 e. The van der Waals surface area contributed by atoms with Crippen LogP contribution in [0.1, 0.15) is 63.4 Å². The number of carbonyl (C=O) groups is 4. The Balaban J connectivity index is 1.62. The lowest BCUT2D eigenvalue weighted by Gasteiger charge is -2.28. The predicted molar refractivity (Wildman–Crippen MR) is 127 cm³/mol. The van der Waals surface area contributed by atoms with E-state index >= 15 is 0 Å². The highest BCUT2D eigenvalue weighted by molar-refractivity contribution is 5.96. The largest absolute Gasteiger partial charge is 0.356 e. The van der Waals surface area contributed by atoms with Gasteiger partial charge in [0.2, 0.25) is 17.7 Å². The summed E-state index contributed by atoms with van der Waals surface area (Å²) >= 11 is 0. The number of hydrogen-bond acceptors (Lipinski definition) is 4. The van der Waals surface area contributed by atoms with Crippen molar-refractivity contribution in [3.8, 4) is 0 Å². The Labute approximate surface area is 195 Å². The highest BCUT2D eigenvalue weighted by Gasteiger charge is 2.30. The fourth-order valence-corrected chi connectivity index (χ4v) is 4.74. The summed E-state index contributed by atoms with van der Waals surface area (Å²) in [5, 5.41) is 8.43. The van der Waals surface area contributed by atoms with E-state index in [0.29, 0.717) is 31.6 Å². The van der Waals surface area contributed by atoms with Crippen LogP contribution in [0.2, 0.25) is 0 Å². The third-order valence-electron chi connectivity index (χ3n) is 6.58. The molecular formula is C26H35N3O4. The van der Waals surface area contributed by atoms with Gasteiger partial charge in [-0.1, -0.05) is 62.4 Å². The second-order valence-corrected chi connectivity index (χ2v) is 9.16. The maximum absolute atomic E-state index is 13.1. The molecule has 1 saturated carbocycles. The molecule has 3 atom stereocenters. The van der Waals surface area contributed by atoms with Crippen molar-refractivity contribution >= 4 is 30.1 Å². The first-order valence-electron chi connectivity index (χ1n) is 12.1. The Morgan fingerprint density at radius 2 is 1.76 bits per heavy atom. The van der Waals surface area contributed by atoms with Gasteiger partial charge in [0.15, 0.2) is 0 Å². The molecule has 178 valence electrons. The molecule has 1 aliphatic carbocycles. The number of amides is 3. The van der Waals surface area contributed by atoms with E-state index < -0.39 is 12.1 Å². The van der Waals surface area contributed by atoms with Crippen molar-refractivity contribution in [2.45, 2.75) is 69.9 Å². The second-order valence-electron chi connectivity index (χ2n) is 9.16. The van der Waals surface area contributed by atoms with Crippen molar-refractivity contribution in [2.24, 2.45) is 11.8 Å². The molecule has 3 N–H and O–H groups in total. The third kappa shape index (κ3) is 8.15. The average Bonchev–Trinajstić information content (AvgIpc) is 2.84. The SMILES string of the molecule is O=C[C@H](C[C@@H]1CCCNC1=O)NC(=O)[C@H](CC1CCCCC1)NC(=O)C=Cc1ccccc1. The van der Waals surface area contributed by atoms with Crippen LogP contribution in [-0.2, 0) is 19.2 Å². The van der Waals surface area contributed by atoms with Gasteiger partial charge in [-0.05, 0) is 43.2 Å². The minimum Gasteiger partial charge on any atom is -0.356 e. The van der Waals surface area contributed by atoms with Crippen molar-refractivity contribution in [1.29, 1.82) is 0 Å². The van der Waals surface area contributed by atoms with Crippen LogP contribution in [0.3, 0.4) is 0 Å². The van der Waals surface area contributed by atoms with Gasteiger partial charge in [0.1, 0.15) is 12.3 Å². The fourth-order valence-electron chi connectivity index (χ4n) is 4.74. The Morgan fingerprint density at radius 3 is 2.45 bits per heavy atom. The van der Waals surface area contributed by atoms with Gasteiger partial charge < -0.3 is 20.7 Å². The molecule has 0 unspecified atom stereocenters. The number of aldehydes is 1. The van der Waals surface area contributed by atoms with E-state index in [1.807, 2.05) is 30.3 Å². The van der Waals surface area contributed by atoms with E-state index in [-0.39, 0.29) is 30.1 Å². The van der Waals surface area contributed by atoms with E-state index in [2.05, 4.69) is 16.0 Å². The summed E-state index contributed by atoms with van der Waals surface area (Å²) in [7, 11) is 0. The molecule has 3 rings (SSSR count). The molecule has 1 aliphatic heterocycles. The Hall–Kier alpha value is -2.96. The number of nitrogens with one attached hydrogen (secondary N) is 3. The first-order chi connectivity index (χ1) is 16.0. The fraction of sp³-hybridized carbons (Fsp3) is 0.538. The molecule has 0 spiro atoms. The lowest BCUT2D eigenvalue weighted by Crippen LogP contribution is -2.51. The van der Waals surface area contributed by atoms with Crippen molar-refractivity contribution in [3.05, 3.63) is 42.0 Å². The zero-order chi connectivity index (χ0) is 23.5. The number of rotatable bonds is 10. The topological polar surface area (TPSA) is 104 Å². The van der Waals surface area contributed by atoms with Crippen LogP contribution in [0.15, 0.2) is 36.4 Å². The average molecular weight is 454 g/mol. The summed E-state index contributed by atoms with van der Waals surface area (Å²) in [6, 6.07) is 8.01. The first-order valence-corrected chi connectivity index (χ1v) is 12.1. The predicted octanol–water partition coefficient (Wildman–Crippen LogP) is 2.76. The minimum absolute atomic E-state index is 0.0690. The van der Waals surface area contributed by atoms with Crippen LogP contribution in [0.4, 0.5) is 0 Å². The van der Waals surface area contributed by atoms with Gasteiger partial charge >= 0.3 is 0 Å². The molecule has 33 heavy (non-hydrogen) atoms. The summed E-state index contributed by atoms with van der Waals surface area (Å²) in [5.41, 5.74) is 0.896. The van der Waals surface area contributed by atoms with Gasteiger partial charge in [0.05, 0.1) is 6.04 Å². The van der Waals surface area contributed by atoms with E-state index in [9.17, 15) is 19.2 Å². The lowest BCUT2D eigenvalue weighted by atomic mass is 9.84. The van der Waals surface area contributed by atoms with E-state index in [1.165, 1.54) is 12.5 Å².